The zero-order valence-corrected chi connectivity index (χ0v) is 12.0. The third kappa shape index (κ3) is 3.75. The van der Waals surface area contributed by atoms with Gasteiger partial charge in [0, 0.05) is 13.1 Å². The molecule has 1 N–H and O–H groups in total. The van der Waals surface area contributed by atoms with Crippen molar-refractivity contribution in [1.29, 1.82) is 0 Å². The largest absolute Gasteiger partial charge is 0.504 e. The predicted molar refractivity (Wildman–Crippen MR) is 80.9 cm³/mol. The molecule has 0 aliphatic heterocycles. The Balaban J connectivity index is 2.04. The van der Waals surface area contributed by atoms with Gasteiger partial charge in [-0.15, -0.1) is 0 Å². The summed E-state index contributed by atoms with van der Waals surface area (Å²) in [6.45, 7) is 4.82. The van der Waals surface area contributed by atoms with Gasteiger partial charge in [-0.2, -0.15) is 0 Å². The number of phenolic OH excluding ortho intramolecular Hbond substituents is 1. The van der Waals surface area contributed by atoms with Gasteiger partial charge in [-0.25, -0.2) is 0 Å². The molecule has 0 aliphatic carbocycles. The maximum Gasteiger partial charge on any atom is 0.160 e. The molecular weight excluding hydrogens is 250 g/mol. The van der Waals surface area contributed by atoms with Crippen LogP contribution in [0.3, 0.4) is 0 Å². The molecule has 0 atom stereocenters. The molecule has 2 aromatic rings. The van der Waals surface area contributed by atoms with Crippen LogP contribution >= 0.6 is 0 Å². The second-order valence-electron chi connectivity index (χ2n) is 4.80. The monoisotopic (exact) mass is 271 g/mol. The van der Waals surface area contributed by atoms with Gasteiger partial charge in [-0.1, -0.05) is 43.3 Å². The number of phenols is 1. The number of rotatable bonds is 6. The molecule has 0 saturated carbocycles. The molecule has 0 saturated heterocycles. The topological polar surface area (TPSA) is 32.7 Å². The Morgan fingerprint density at radius 1 is 1.00 bits per heavy atom. The molecule has 3 nitrogen and oxygen atoms in total. The van der Waals surface area contributed by atoms with Crippen LogP contribution in [0.4, 0.5) is 0 Å². The minimum atomic E-state index is 0.195. The summed E-state index contributed by atoms with van der Waals surface area (Å²) in [6, 6.07) is 16.0. The zero-order chi connectivity index (χ0) is 14.4. The van der Waals surface area contributed by atoms with Gasteiger partial charge >= 0.3 is 0 Å². The van der Waals surface area contributed by atoms with Gasteiger partial charge in [0.05, 0.1) is 7.11 Å². The third-order valence-corrected chi connectivity index (χ3v) is 3.35. The number of aromatic hydroxyl groups is 1. The molecule has 2 rings (SSSR count). The summed E-state index contributed by atoms with van der Waals surface area (Å²) in [4.78, 5) is 2.33. The van der Waals surface area contributed by atoms with Crippen molar-refractivity contribution in [1.82, 2.24) is 4.90 Å². The minimum Gasteiger partial charge on any atom is -0.504 e. The maximum absolute atomic E-state index is 9.82. The highest BCUT2D eigenvalue weighted by molar-refractivity contribution is 5.41. The van der Waals surface area contributed by atoms with Gasteiger partial charge in [-0.3, -0.25) is 4.90 Å². The fourth-order valence-electron chi connectivity index (χ4n) is 2.21. The van der Waals surface area contributed by atoms with E-state index in [0.29, 0.717) is 5.75 Å². The van der Waals surface area contributed by atoms with E-state index in [-0.39, 0.29) is 5.75 Å². The molecule has 0 unspecified atom stereocenters. The lowest BCUT2D eigenvalue weighted by atomic mass is 10.1. The first-order valence-corrected chi connectivity index (χ1v) is 6.85. The Morgan fingerprint density at radius 3 is 2.30 bits per heavy atom. The molecule has 0 amide bonds. The Labute approximate surface area is 120 Å². The zero-order valence-electron chi connectivity index (χ0n) is 12.0. The van der Waals surface area contributed by atoms with Crippen LogP contribution in [0.5, 0.6) is 11.5 Å². The van der Waals surface area contributed by atoms with Crippen LogP contribution < -0.4 is 4.74 Å². The molecule has 0 aliphatic rings. The van der Waals surface area contributed by atoms with Crippen molar-refractivity contribution >= 4 is 0 Å². The summed E-state index contributed by atoms with van der Waals surface area (Å²) in [5, 5.41) is 9.82. The average molecular weight is 271 g/mol. The summed E-state index contributed by atoms with van der Waals surface area (Å²) < 4.78 is 5.06. The summed E-state index contributed by atoms with van der Waals surface area (Å²) >= 11 is 0. The Kier molecular flexibility index (Phi) is 5.02. The number of nitrogens with zero attached hydrogens (tertiary/aromatic N) is 1. The molecule has 20 heavy (non-hydrogen) atoms. The lowest BCUT2D eigenvalue weighted by Gasteiger charge is -2.21. The van der Waals surface area contributed by atoms with E-state index < -0.39 is 0 Å². The minimum absolute atomic E-state index is 0.195. The number of hydrogen-bond acceptors (Lipinski definition) is 3. The van der Waals surface area contributed by atoms with Gasteiger partial charge < -0.3 is 9.84 Å². The van der Waals surface area contributed by atoms with Crippen molar-refractivity contribution in [3.63, 3.8) is 0 Å². The van der Waals surface area contributed by atoms with E-state index in [1.165, 1.54) is 5.56 Å². The highest BCUT2D eigenvalue weighted by Gasteiger charge is 2.07. The first kappa shape index (κ1) is 14.4. The molecule has 0 heterocycles. The standard InChI is InChI=1S/C17H21NO2/c1-3-18(12-14-7-5-4-6-8-14)13-15-9-10-17(20-2)16(19)11-15/h4-11,19H,3,12-13H2,1-2H3. The van der Waals surface area contributed by atoms with E-state index in [9.17, 15) is 5.11 Å². The van der Waals surface area contributed by atoms with Gasteiger partial charge in [0.25, 0.3) is 0 Å². The van der Waals surface area contributed by atoms with Crippen LogP contribution in [-0.4, -0.2) is 23.7 Å². The fourth-order valence-corrected chi connectivity index (χ4v) is 2.21. The van der Waals surface area contributed by atoms with Crippen LogP contribution in [0.1, 0.15) is 18.1 Å². The Bertz CT molecular complexity index is 540. The van der Waals surface area contributed by atoms with E-state index in [0.717, 1.165) is 25.2 Å². The van der Waals surface area contributed by atoms with Gasteiger partial charge in [0.15, 0.2) is 11.5 Å². The van der Waals surface area contributed by atoms with Crippen molar-refractivity contribution in [2.24, 2.45) is 0 Å². The van der Waals surface area contributed by atoms with E-state index in [1.54, 1.807) is 19.2 Å². The van der Waals surface area contributed by atoms with Crippen molar-refractivity contribution in [3.8, 4) is 11.5 Å². The third-order valence-electron chi connectivity index (χ3n) is 3.35. The summed E-state index contributed by atoms with van der Waals surface area (Å²) in [7, 11) is 1.56. The normalized spacial score (nSPS) is 10.8. The Hall–Kier alpha value is -2.00. The molecule has 0 radical (unpaired) electrons. The number of ether oxygens (including phenoxy) is 1. The van der Waals surface area contributed by atoms with Gasteiger partial charge in [-0.05, 0) is 29.8 Å². The quantitative estimate of drug-likeness (QED) is 0.873. The summed E-state index contributed by atoms with van der Waals surface area (Å²) in [5.41, 5.74) is 2.38. The van der Waals surface area contributed by atoms with Crippen molar-refractivity contribution in [2.75, 3.05) is 13.7 Å². The molecule has 0 fully saturated rings. The van der Waals surface area contributed by atoms with Crippen molar-refractivity contribution in [3.05, 3.63) is 59.7 Å². The Morgan fingerprint density at radius 2 is 1.70 bits per heavy atom. The smallest absolute Gasteiger partial charge is 0.160 e. The van der Waals surface area contributed by atoms with Crippen molar-refractivity contribution < 1.29 is 9.84 Å². The first-order valence-electron chi connectivity index (χ1n) is 6.85. The summed E-state index contributed by atoms with van der Waals surface area (Å²) in [5.74, 6) is 0.709. The van der Waals surface area contributed by atoms with E-state index in [1.807, 2.05) is 12.1 Å². The lowest BCUT2D eigenvalue weighted by Crippen LogP contribution is -2.22. The van der Waals surface area contributed by atoms with Crippen molar-refractivity contribution in [2.45, 2.75) is 20.0 Å². The lowest BCUT2D eigenvalue weighted by molar-refractivity contribution is 0.270. The number of methoxy groups -OCH3 is 1. The molecular formula is C17H21NO2. The molecule has 3 heteroatoms. The fraction of sp³-hybridized carbons (Fsp3) is 0.294. The number of benzene rings is 2. The van der Waals surface area contributed by atoms with Crippen LogP contribution in [-0.2, 0) is 13.1 Å². The van der Waals surface area contributed by atoms with Crippen LogP contribution in [0.25, 0.3) is 0 Å². The van der Waals surface area contributed by atoms with Gasteiger partial charge in [0.1, 0.15) is 0 Å². The van der Waals surface area contributed by atoms with Crippen LogP contribution in [0.2, 0.25) is 0 Å². The second kappa shape index (κ2) is 6.96. The number of hydrogen-bond donors (Lipinski definition) is 1. The first-order chi connectivity index (χ1) is 9.72. The summed E-state index contributed by atoms with van der Waals surface area (Å²) in [6.07, 6.45) is 0. The predicted octanol–water partition coefficient (Wildman–Crippen LogP) is 3.42. The molecule has 0 spiro atoms. The van der Waals surface area contributed by atoms with E-state index >= 15 is 0 Å². The highest BCUT2D eigenvalue weighted by atomic mass is 16.5. The SMILES string of the molecule is CCN(Cc1ccccc1)Cc1ccc(OC)c(O)c1. The van der Waals surface area contributed by atoms with E-state index in [4.69, 9.17) is 4.74 Å². The van der Waals surface area contributed by atoms with Crippen LogP contribution in [0, 0.1) is 0 Å². The molecule has 2 aromatic carbocycles. The molecule has 0 bridgehead atoms. The van der Waals surface area contributed by atoms with Gasteiger partial charge in [0.2, 0.25) is 0 Å². The molecule has 0 aromatic heterocycles. The van der Waals surface area contributed by atoms with E-state index in [2.05, 4.69) is 36.1 Å². The average Bonchev–Trinajstić information content (AvgIpc) is 2.48. The van der Waals surface area contributed by atoms with Crippen LogP contribution in [0.15, 0.2) is 48.5 Å². The highest BCUT2D eigenvalue weighted by Crippen LogP contribution is 2.26. The maximum atomic E-state index is 9.82. The second-order valence-corrected chi connectivity index (χ2v) is 4.80. The molecule has 106 valence electrons.